The quantitative estimate of drug-likeness (QED) is 0.861. The van der Waals surface area contributed by atoms with Crippen LogP contribution in [0.4, 0.5) is 0 Å². The van der Waals surface area contributed by atoms with Crippen LogP contribution < -0.4 is 9.47 Å². The van der Waals surface area contributed by atoms with Crippen LogP contribution in [-0.4, -0.2) is 52.4 Å². The van der Waals surface area contributed by atoms with Gasteiger partial charge in [-0.1, -0.05) is 0 Å². The highest BCUT2D eigenvalue weighted by atomic mass is 16.5. The van der Waals surface area contributed by atoms with Gasteiger partial charge < -0.3 is 19.5 Å². The van der Waals surface area contributed by atoms with Crippen LogP contribution in [0.3, 0.4) is 0 Å². The Kier molecular flexibility index (Phi) is 5.07. The van der Waals surface area contributed by atoms with Gasteiger partial charge in [-0.15, -0.1) is 0 Å². The molecule has 1 amide bonds. The van der Waals surface area contributed by atoms with Crippen molar-refractivity contribution in [2.75, 3.05) is 20.8 Å². The second-order valence-electron chi connectivity index (χ2n) is 6.56. The lowest BCUT2D eigenvalue weighted by Gasteiger charge is -2.36. The number of amides is 1. The standard InChI is InChI=1S/C19H23N3O5/c1-11-7-14(20-21(11)2)19(25)22-6-5-12-8-16(26-3)17(27-4)9-13(12)15(22)10-18(23)24/h7-9,15H,5-6,10H2,1-4H3,(H,23,24). The van der Waals surface area contributed by atoms with Crippen molar-refractivity contribution in [2.45, 2.75) is 25.8 Å². The first-order chi connectivity index (χ1) is 12.8. The van der Waals surface area contributed by atoms with Gasteiger partial charge in [0.1, 0.15) is 0 Å². The van der Waals surface area contributed by atoms with E-state index in [0.717, 1.165) is 16.8 Å². The Morgan fingerprint density at radius 1 is 1.22 bits per heavy atom. The molecular weight excluding hydrogens is 350 g/mol. The number of hydrogen-bond acceptors (Lipinski definition) is 5. The summed E-state index contributed by atoms with van der Waals surface area (Å²) in [6.07, 6.45) is 0.406. The van der Waals surface area contributed by atoms with Crippen LogP contribution in [0.5, 0.6) is 11.5 Å². The van der Waals surface area contributed by atoms with Gasteiger partial charge in [0.2, 0.25) is 0 Å². The van der Waals surface area contributed by atoms with Gasteiger partial charge in [0, 0.05) is 19.3 Å². The minimum atomic E-state index is -0.974. The zero-order chi connectivity index (χ0) is 19.7. The molecule has 2 heterocycles. The monoisotopic (exact) mass is 373 g/mol. The highest BCUT2D eigenvalue weighted by Crippen LogP contribution is 2.39. The predicted octanol–water partition coefficient (Wildman–Crippen LogP) is 1.96. The van der Waals surface area contributed by atoms with Crippen molar-refractivity contribution in [3.05, 3.63) is 40.7 Å². The molecule has 1 aromatic carbocycles. The Labute approximate surface area is 157 Å². The third-order valence-corrected chi connectivity index (χ3v) is 4.96. The topological polar surface area (TPSA) is 93.9 Å². The van der Waals surface area contributed by atoms with Gasteiger partial charge in [-0.25, -0.2) is 0 Å². The lowest BCUT2D eigenvalue weighted by Crippen LogP contribution is -2.41. The van der Waals surface area contributed by atoms with Gasteiger partial charge in [-0.2, -0.15) is 5.10 Å². The number of carboxylic acids is 1. The molecule has 0 spiro atoms. The summed E-state index contributed by atoms with van der Waals surface area (Å²) >= 11 is 0. The van der Waals surface area contributed by atoms with Crippen molar-refractivity contribution < 1.29 is 24.2 Å². The Bertz CT molecular complexity index is 870. The number of aryl methyl sites for hydroxylation is 2. The van der Waals surface area contributed by atoms with Crippen LogP contribution in [0.1, 0.15) is 39.8 Å². The summed E-state index contributed by atoms with van der Waals surface area (Å²) in [7, 11) is 4.85. The van der Waals surface area contributed by atoms with Gasteiger partial charge >= 0.3 is 5.97 Å². The maximum atomic E-state index is 13.0. The van der Waals surface area contributed by atoms with Crippen LogP contribution in [-0.2, 0) is 18.3 Å². The highest BCUT2D eigenvalue weighted by molar-refractivity contribution is 5.93. The second kappa shape index (κ2) is 7.30. The van der Waals surface area contributed by atoms with E-state index in [1.807, 2.05) is 13.0 Å². The maximum absolute atomic E-state index is 13.0. The molecule has 1 N–H and O–H groups in total. The number of aromatic nitrogens is 2. The smallest absolute Gasteiger partial charge is 0.305 e. The van der Waals surface area contributed by atoms with Gasteiger partial charge in [-0.05, 0) is 42.7 Å². The van der Waals surface area contributed by atoms with Crippen molar-refractivity contribution >= 4 is 11.9 Å². The Morgan fingerprint density at radius 3 is 2.44 bits per heavy atom. The van der Waals surface area contributed by atoms with Crippen molar-refractivity contribution in [1.29, 1.82) is 0 Å². The van der Waals surface area contributed by atoms with Gasteiger partial charge in [0.15, 0.2) is 17.2 Å². The predicted molar refractivity (Wildman–Crippen MR) is 97.2 cm³/mol. The summed E-state index contributed by atoms with van der Waals surface area (Å²) in [6.45, 7) is 2.27. The zero-order valence-corrected chi connectivity index (χ0v) is 15.9. The van der Waals surface area contributed by atoms with Gasteiger partial charge in [-0.3, -0.25) is 14.3 Å². The van der Waals surface area contributed by atoms with Crippen LogP contribution in [0.15, 0.2) is 18.2 Å². The maximum Gasteiger partial charge on any atom is 0.305 e. The molecule has 27 heavy (non-hydrogen) atoms. The number of carbonyl (C=O) groups excluding carboxylic acids is 1. The molecule has 0 fully saturated rings. The normalized spacial score (nSPS) is 16.0. The molecule has 1 aliphatic rings. The summed E-state index contributed by atoms with van der Waals surface area (Å²) in [6, 6.07) is 4.74. The molecule has 1 atom stereocenters. The van der Waals surface area contributed by atoms with E-state index in [1.165, 1.54) is 7.11 Å². The molecule has 3 rings (SSSR count). The summed E-state index contributed by atoms with van der Waals surface area (Å²) in [5.74, 6) is -0.150. The van der Waals surface area contributed by atoms with Crippen molar-refractivity contribution in [2.24, 2.45) is 7.05 Å². The lowest BCUT2D eigenvalue weighted by molar-refractivity contribution is -0.138. The summed E-state index contributed by atoms with van der Waals surface area (Å²) in [5, 5.41) is 13.7. The van der Waals surface area contributed by atoms with E-state index in [0.29, 0.717) is 30.2 Å². The number of benzene rings is 1. The Balaban J connectivity index is 2.04. The molecule has 1 aromatic heterocycles. The van der Waals surface area contributed by atoms with E-state index in [1.54, 1.807) is 35.9 Å². The van der Waals surface area contributed by atoms with Crippen molar-refractivity contribution in [3.8, 4) is 11.5 Å². The molecule has 1 unspecified atom stereocenters. The molecule has 0 aliphatic carbocycles. The lowest BCUT2D eigenvalue weighted by atomic mass is 9.89. The van der Waals surface area contributed by atoms with E-state index in [4.69, 9.17) is 9.47 Å². The SMILES string of the molecule is COc1cc2c(cc1OC)C(CC(=O)O)N(C(=O)c1cc(C)n(C)n1)CC2. The average molecular weight is 373 g/mol. The first-order valence-electron chi connectivity index (χ1n) is 8.64. The molecule has 144 valence electrons. The van der Waals surface area contributed by atoms with Crippen molar-refractivity contribution in [3.63, 3.8) is 0 Å². The Hall–Kier alpha value is -3.03. The van der Waals surface area contributed by atoms with Crippen LogP contribution >= 0.6 is 0 Å². The number of hydrogen-bond donors (Lipinski definition) is 1. The van der Waals surface area contributed by atoms with E-state index in [-0.39, 0.29) is 12.3 Å². The van der Waals surface area contributed by atoms with Crippen LogP contribution in [0, 0.1) is 6.92 Å². The summed E-state index contributed by atoms with van der Waals surface area (Å²) in [5.41, 5.74) is 2.90. The molecule has 0 bridgehead atoms. The van der Waals surface area contributed by atoms with Crippen LogP contribution in [0.2, 0.25) is 0 Å². The second-order valence-corrected chi connectivity index (χ2v) is 6.56. The fraction of sp³-hybridized carbons (Fsp3) is 0.421. The minimum absolute atomic E-state index is 0.194. The van der Waals surface area contributed by atoms with Gasteiger partial charge in [0.25, 0.3) is 5.91 Å². The molecule has 0 saturated heterocycles. The molecule has 2 aromatic rings. The van der Waals surface area contributed by atoms with Gasteiger partial charge in [0.05, 0.1) is 26.7 Å². The Morgan fingerprint density at radius 2 is 1.89 bits per heavy atom. The van der Waals surface area contributed by atoms with E-state index >= 15 is 0 Å². The third-order valence-electron chi connectivity index (χ3n) is 4.96. The average Bonchev–Trinajstić information content (AvgIpc) is 2.98. The van der Waals surface area contributed by atoms with E-state index in [9.17, 15) is 14.7 Å². The third kappa shape index (κ3) is 3.47. The molecule has 8 heteroatoms. The first-order valence-corrected chi connectivity index (χ1v) is 8.64. The number of fused-ring (bicyclic) bond motifs is 1. The highest BCUT2D eigenvalue weighted by Gasteiger charge is 2.35. The number of nitrogens with zero attached hydrogens (tertiary/aromatic N) is 3. The minimum Gasteiger partial charge on any atom is -0.493 e. The molecule has 0 radical (unpaired) electrons. The zero-order valence-electron chi connectivity index (χ0n) is 15.9. The fourth-order valence-corrected chi connectivity index (χ4v) is 3.47. The first kappa shape index (κ1) is 18.8. The van der Waals surface area contributed by atoms with E-state index < -0.39 is 12.0 Å². The number of rotatable bonds is 5. The number of carboxylic acid groups (broad SMARTS) is 1. The largest absolute Gasteiger partial charge is 0.493 e. The fourth-order valence-electron chi connectivity index (χ4n) is 3.47. The number of carbonyl (C=O) groups is 2. The number of methoxy groups -OCH3 is 2. The van der Waals surface area contributed by atoms with E-state index in [2.05, 4.69) is 5.10 Å². The van der Waals surface area contributed by atoms with Crippen LogP contribution in [0.25, 0.3) is 0 Å². The summed E-state index contributed by atoms with van der Waals surface area (Å²) < 4.78 is 12.3. The van der Waals surface area contributed by atoms with Crippen molar-refractivity contribution in [1.82, 2.24) is 14.7 Å². The number of ether oxygens (including phenoxy) is 2. The number of aliphatic carboxylic acids is 1. The molecule has 8 nitrogen and oxygen atoms in total. The molecule has 1 aliphatic heterocycles. The molecule has 0 saturated carbocycles. The molecular formula is C19H23N3O5. The summed E-state index contributed by atoms with van der Waals surface area (Å²) in [4.78, 5) is 26.1.